The van der Waals surface area contributed by atoms with E-state index in [0.717, 1.165) is 34.7 Å². The predicted molar refractivity (Wildman–Crippen MR) is 169 cm³/mol. The SMILES string of the molecule is COC(=O)N1CC2CC2C1COCn1c(=O)ccn([C@@H]2O[C@H](COP(=O)(N[C@@H](C)C(=O)OC(C)C)Oc3ccccc3)[C@@H](O)[C@@]2(C)F)c1=O. The molecule has 1 amide bonds. The molecule has 1 saturated carbocycles. The lowest BCUT2D eigenvalue weighted by Gasteiger charge is -2.26. The zero-order valence-corrected chi connectivity index (χ0v) is 28.7. The Balaban J connectivity index is 1.29. The van der Waals surface area contributed by atoms with Crippen molar-refractivity contribution < 1.29 is 51.6 Å². The summed E-state index contributed by atoms with van der Waals surface area (Å²) in [6, 6.07) is 7.54. The Hall–Kier alpha value is -3.60. The zero-order chi connectivity index (χ0) is 35.7. The number of likely N-dealkylation sites (tertiary alicyclic amines) is 1. The fourth-order valence-electron chi connectivity index (χ4n) is 6.06. The highest BCUT2D eigenvalue weighted by Gasteiger charge is 2.56. The van der Waals surface area contributed by atoms with Gasteiger partial charge in [-0.2, -0.15) is 5.09 Å². The Labute approximate surface area is 281 Å². The third kappa shape index (κ3) is 8.08. The molecule has 49 heavy (non-hydrogen) atoms. The molecular formula is C31H42FN4O12P. The highest BCUT2D eigenvalue weighted by molar-refractivity contribution is 7.52. The molecule has 0 radical (unpaired) electrons. The average Bonchev–Trinajstić information content (AvgIpc) is 3.67. The van der Waals surface area contributed by atoms with Crippen LogP contribution in [0.4, 0.5) is 9.18 Å². The van der Waals surface area contributed by atoms with Crippen LogP contribution in [0.15, 0.2) is 52.2 Å². The van der Waals surface area contributed by atoms with Gasteiger partial charge in [-0.15, -0.1) is 0 Å². The number of rotatable bonds is 14. The maximum Gasteiger partial charge on any atom is 0.459 e. The van der Waals surface area contributed by atoms with E-state index in [1.54, 1.807) is 36.9 Å². The fourth-order valence-corrected chi connectivity index (χ4v) is 7.56. The lowest BCUT2D eigenvalue weighted by molar-refractivity contribution is -0.149. The number of aliphatic hydroxyl groups is 1. The van der Waals surface area contributed by atoms with E-state index in [0.29, 0.717) is 12.5 Å². The molecule has 3 aliphatic rings. The summed E-state index contributed by atoms with van der Waals surface area (Å²) in [7, 11) is -3.11. The molecule has 270 valence electrons. The summed E-state index contributed by atoms with van der Waals surface area (Å²) in [6.45, 7) is 5.09. The molecule has 4 unspecified atom stereocenters. The summed E-state index contributed by atoms with van der Waals surface area (Å²) >= 11 is 0. The zero-order valence-electron chi connectivity index (χ0n) is 27.8. The van der Waals surface area contributed by atoms with Crippen LogP contribution in [0, 0.1) is 11.8 Å². The largest absolute Gasteiger partial charge is 0.462 e. The van der Waals surface area contributed by atoms with Gasteiger partial charge in [-0.25, -0.2) is 23.1 Å². The van der Waals surface area contributed by atoms with E-state index < -0.39 is 80.6 Å². The number of esters is 1. The lowest BCUT2D eigenvalue weighted by Crippen LogP contribution is -2.47. The average molecular weight is 713 g/mol. The fraction of sp³-hybridized carbons (Fsp3) is 0.613. The van der Waals surface area contributed by atoms with Crippen molar-refractivity contribution in [1.82, 2.24) is 19.1 Å². The number of carbonyl (C=O) groups excluding carboxylic acids is 2. The summed E-state index contributed by atoms with van der Waals surface area (Å²) in [6.07, 6.45) is -4.07. The summed E-state index contributed by atoms with van der Waals surface area (Å²) < 4.78 is 64.2. The van der Waals surface area contributed by atoms with Gasteiger partial charge in [0.1, 0.15) is 30.7 Å². The van der Waals surface area contributed by atoms with Gasteiger partial charge in [0.05, 0.1) is 32.5 Å². The monoisotopic (exact) mass is 712 g/mol. The first-order valence-corrected chi connectivity index (χ1v) is 17.4. The summed E-state index contributed by atoms with van der Waals surface area (Å²) in [5.41, 5.74) is -4.30. The number of carbonyl (C=O) groups is 2. The minimum absolute atomic E-state index is 0.0445. The van der Waals surface area contributed by atoms with Crippen molar-refractivity contribution in [2.24, 2.45) is 11.8 Å². The van der Waals surface area contributed by atoms with Crippen molar-refractivity contribution in [3.63, 3.8) is 0 Å². The molecule has 0 bridgehead atoms. The minimum Gasteiger partial charge on any atom is -0.462 e. The number of nitrogens with one attached hydrogen (secondary N) is 1. The first-order chi connectivity index (χ1) is 23.1. The van der Waals surface area contributed by atoms with Crippen molar-refractivity contribution in [1.29, 1.82) is 0 Å². The quantitative estimate of drug-likeness (QED) is 0.215. The second-order valence-corrected chi connectivity index (χ2v) is 14.5. The highest BCUT2D eigenvalue weighted by atomic mass is 31.2. The van der Waals surface area contributed by atoms with Gasteiger partial charge in [0.25, 0.3) is 5.56 Å². The topological polar surface area (TPSA) is 186 Å². The van der Waals surface area contributed by atoms with Crippen LogP contribution in [-0.2, 0) is 39.6 Å². The molecule has 5 rings (SSSR count). The van der Waals surface area contributed by atoms with E-state index in [4.69, 9.17) is 28.0 Å². The van der Waals surface area contributed by atoms with Crippen molar-refractivity contribution in [2.75, 3.05) is 26.9 Å². The van der Waals surface area contributed by atoms with Crippen molar-refractivity contribution >= 4 is 19.8 Å². The van der Waals surface area contributed by atoms with Crippen LogP contribution < -0.4 is 20.9 Å². The van der Waals surface area contributed by atoms with Crippen LogP contribution in [0.25, 0.3) is 0 Å². The van der Waals surface area contributed by atoms with E-state index in [1.165, 1.54) is 26.2 Å². The summed E-state index contributed by atoms with van der Waals surface area (Å²) in [5, 5.41) is 13.4. The number of nitrogens with zero attached hydrogens (tertiary/aromatic N) is 3. The Morgan fingerprint density at radius 1 is 1.16 bits per heavy atom. The second-order valence-electron chi connectivity index (χ2n) is 12.8. The number of amides is 1. The van der Waals surface area contributed by atoms with Gasteiger partial charge in [0, 0.05) is 18.8 Å². The van der Waals surface area contributed by atoms with Crippen LogP contribution in [0.5, 0.6) is 5.75 Å². The first kappa shape index (κ1) is 36.7. The van der Waals surface area contributed by atoms with Crippen LogP contribution in [0.1, 0.15) is 40.3 Å². The summed E-state index contributed by atoms with van der Waals surface area (Å²) in [4.78, 5) is 52.3. The number of aliphatic hydroxyl groups excluding tert-OH is 1. The van der Waals surface area contributed by atoms with E-state index in [2.05, 4.69) is 5.09 Å². The molecule has 18 heteroatoms. The number of para-hydroxylation sites is 1. The van der Waals surface area contributed by atoms with Crippen LogP contribution in [0.2, 0.25) is 0 Å². The number of piperidine rings is 1. The molecular weight excluding hydrogens is 670 g/mol. The van der Waals surface area contributed by atoms with Crippen molar-refractivity contribution in [2.45, 2.75) is 83.1 Å². The molecule has 1 aliphatic carbocycles. The molecule has 1 aromatic carbocycles. The van der Waals surface area contributed by atoms with Crippen molar-refractivity contribution in [3.8, 4) is 5.75 Å². The third-order valence-corrected chi connectivity index (χ3v) is 10.4. The molecule has 2 saturated heterocycles. The Bertz CT molecular complexity index is 1670. The number of fused-ring (bicyclic) bond motifs is 1. The van der Waals surface area contributed by atoms with Gasteiger partial charge in [-0.3, -0.25) is 18.7 Å². The molecule has 1 aromatic heterocycles. The maximum absolute atomic E-state index is 16.1. The van der Waals surface area contributed by atoms with Crippen LogP contribution in [0.3, 0.4) is 0 Å². The third-order valence-electron chi connectivity index (χ3n) is 8.72. The number of ether oxygens (including phenoxy) is 4. The van der Waals surface area contributed by atoms with Gasteiger partial charge >= 0.3 is 25.5 Å². The maximum atomic E-state index is 16.1. The lowest BCUT2D eigenvalue weighted by atomic mass is 9.98. The molecule has 2 N–H and O–H groups in total. The molecule has 3 heterocycles. The molecule has 2 aliphatic heterocycles. The van der Waals surface area contributed by atoms with E-state index in [-0.39, 0.29) is 24.3 Å². The molecule has 3 fully saturated rings. The van der Waals surface area contributed by atoms with Crippen molar-refractivity contribution in [3.05, 3.63) is 63.4 Å². The number of halogens is 1. The van der Waals surface area contributed by atoms with E-state index >= 15 is 4.39 Å². The van der Waals surface area contributed by atoms with Gasteiger partial charge in [0.15, 0.2) is 11.9 Å². The first-order valence-electron chi connectivity index (χ1n) is 15.9. The molecule has 16 nitrogen and oxygen atoms in total. The molecule has 2 aromatic rings. The van der Waals surface area contributed by atoms with E-state index in [1.807, 2.05) is 0 Å². The Kier molecular flexibility index (Phi) is 11.0. The Morgan fingerprint density at radius 3 is 2.55 bits per heavy atom. The van der Waals surface area contributed by atoms with Gasteiger partial charge in [-0.05, 0) is 58.1 Å². The second kappa shape index (κ2) is 14.7. The highest BCUT2D eigenvalue weighted by Crippen LogP contribution is 2.50. The normalized spacial score (nSPS) is 29.3. The number of benzene rings is 1. The standard InChI is InChI=1S/C31H42FN4O12P/c1-18(2)46-27(39)19(3)33-49(42,48-21-9-7-6-8-10-21)45-16-24-26(38)31(4,32)28(47-24)34-12-11-25(37)36(29(34)40)17-44-15-23-22-13-20(22)14-35(23)30(41)43-5/h6-12,18-20,22-24,26,28,38H,13-17H2,1-5H3,(H,33,42)/t19-,20?,22?,23?,24+,26+,28+,31+,49?/m0/s1. The smallest absolute Gasteiger partial charge is 0.459 e. The van der Waals surface area contributed by atoms with Gasteiger partial charge in [-0.1, -0.05) is 18.2 Å². The number of methoxy groups -OCH3 is 1. The van der Waals surface area contributed by atoms with Gasteiger partial charge < -0.3 is 33.5 Å². The summed E-state index contributed by atoms with van der Waals surface area (Å²) in [5.74, 6) is -0.0106. The predicted octanol–water partition coefficient (Wildman–Crippen LogP) is 2.19. The van der Waals surface area contributed by atoms with Crippen LogP contribution in [-0.4, -0.2) is 94.1 Å². The van der Waals surface area contributed by atoms with Gasteiger partial charge in [0.2, 0.25) is 0 Å². The minimum atomic E-state index is -4.39. The molecule has 9 atom stereocenters. The van der Waals surface area contributed by atoms with Crippen LogP contribution >= 0.6 is 7.75 Å². The number of hydrogen-bond acceptors (Lipinski definition) is 12. The van der Waals surface area contributed by atoms with E-state index in [9.17, 15) is 28.8 Å². The number of aromatic nitrogens is 2. The molecule has 0 spiro atoms. The Morgan fingerprint density at radius 2 is 1.88 bits per heavy atom. The number of hydrogen-bond donors (Lipinski definition) is 2. The number of alkyl halides is 1.